The average Bonchev–Trinajstić information content (AvgIpc) is 3.29. The monoisotopic (exact) mass is 525 g/mol. The van der Waals surface area contributed by atoms with Crippen LogP contribution in [0.3, 0.4) is 0 Å². The van der Waals surface area contributed by atoms with Gasteiger partial charge in [0.2, 0.25) is 5.91 Å². The minimum atomic E-state index is -0.330. The molecule has 3 aromatic carbocycles. The second-order valence-corrected chi connectivity index (χ2v) is 9.31. The first-order valence-corrected chi connectivity index (χ1v) is 12.4. The number of thioether (sulfide) groups is 1. The topological polar surface area (TPSA) is 103 Å². The molecule has 4 rings (SSSR count). The Morgan fingerprint density at radius 1 is 0.914 bits per heavy atom. The van der Waals surface area contributed by atoms with Gasteiger partial charge in [0, 0.05) is 21.0 Å². The van der Waals surface area contributed by atoms with E-state index < -0.39 is 0 Å². The Labute approximate surface area is 216 Å². The second-order valence-electron chi connectivity index (χ2n) is 7.42. The van der Waals surface area contributed by atoms with E-state index in [2.05, 4.69) is 15.5 Å². The van der Waals surface area contributed by atoms with Crippen LogP contribution in [-0.4, -0.2) is 33.0 Å². The largest absolute Gasteiger partial charge is 0.348 e. The number of nitrogens with zero attached hydrogens (tertiary/aromatic N) is 3. The fraction of sp³-hybridized carbons (Fsp3) is 0.120. The van der Waals surface area contributed by atoms with Crippen molar-refractivity contribution in [1.82, 2.24) is 20.1 Å². The normalized spacial score (nSPS) is 10.8. The van der Waals surface area contributed by atoms with Crippen LogP contribution >= 0.6 is 35.0 Å². The van der Waals surface area contributed by atoms with Crippen molar-refractivity contribution < 1.29 is 9.59 Å². The first-order valence-electron chi connectivity index (χ1n) is 10.6. The minimum Gasteiger partial charge on any atom is -0.348 e. The van der Waals surface area contributed by atoms with E-state index in [9.17, 15) is 9.59 Å². The van der Waals surface area contributed by atoms with Gasteiger partial charge in [0.05, 0.1) is 29.6 Å². The Kier molecular flexibility index (Phi) is 8.20. The molecule has 1 amide bonds. The van der Waals surface area contributed by atoms with Gasteiger partial charge in [-0.05, 0) is 42.5 Å². The molecule has 0 spiro atoms. The zero-order valence-corrected chi connectivity index (χ0v) is 20.8. The lowest BCUT2D eigenvalue weighted by atomic mass is 10.0. The van der Waals surface area contributed by atoms with Crippen LogP contribution in [-0.2, 0) is 17.1 Å². The van der Waals surface area contributed by atoms with Gasteiger partial charge in [0.1, 0.15) is 5.82 Å². The summed E-state index contributed by atoms with van der Waals surface area (Å²) in [4.78, 5) is 26.4. The molecule has 4 aromatic rings. The SMILES string of the molecule is NCC(=O)NCc1nnc(CSc2ccccc2)n1-c1ccc(Cl)cc1C(=O)c1ccccc1Cl. The maximum Gasteiger partial charge on any atom is 0.234 e. The van der Waals surface area contributed by atoms with Gasteiger partial charge in [-0.25, -0.2) is 0 Å². The van der Waals surface area contributed by atoms with Gasteiger partial charge < -0.3 is 11.1 Å². The van der Waals surface area contributed by atoms with Crippen LogP contribution in [0, 0.1) is 0 Å². The Morgan fingerprint density at radius 2 is 1.63 bits per heavy atom. The third kappa shape index (κ3) is 5.91. The van der Waals surface area contributed by atoms with Crippen LogP contribution in [0.15, 0.2) is 77.7 Å². The van der Waals surface area contributed by atoms with Gasteiger partial charge in [-0.1, -0.05) is 53.5 Å². The number of benzene rings is 3. The summed E-state index contributed by atoms with van der Waals surface area (Å²) >= 11 is 14.2. The summed E-state index contributed by atoms with van der Waals surface area (Å²) in [5, 5.41) is 12.1. The number of aromatic nitrogens is 3. The highest BCUT2D eigenvalue weighted by atomic mass is 35.5. The van der Waals surface area contributed by atoms with Crippen LogP contribution < -0.4 is 11.1 Å². The molecule has 0 saturated heterocycles. The first-order chi connectivity index (χ1) is 17.0. The number of nitrogens with two attached hydrogens (primary N) is 1. The van der Waals surface area contributed by atoms with Crippen molar-refractivity contribution in [3.8, 4) is 5.69 Å². The van der Waals surface area contributed by atoms with Crippen molar-refractivity contribution in [1.29, 1.82) is 0 Å². The van der Waals surface area contributed by atoms with Crippen molar-refractivity contribution in [2.24, 2.45) is 5.73 Å². The molecule has 0 aliphatic carbocycles. The Hall–Kier alpha value is -3.17. The standard InChI is InChI=1S/C25H21Cl2N5O2S/c26-16-10-11-21(19(12-16)25(34)18-8-4-5-9-20(18)27)32-22(14-29-24(33)13-28)30-31-23(32)15-35-17-6-2-1-3-7-17/h1-12H,13-15,28H2,(H,29,33). The summed E-state index contributed by atoms with van der Waals surface area (Å²) in [5.41, 5.74) is 6.65. The molecule has 0 fully saturated rings. The molecule has 3 N–H and O–H groups in total. The number of amides is 1. The molecule has 0 radical (unpaired) electrons. The van der Waals surface area contributed by atoms with Gasteiger partial charge >= 0.3 is 0 Å². The lowest BCUT2D eigenvalue weighted by Gasteiger charge is -2.16. The number of hydrogen-bond acceptors (Lipinski definition) is 6. The van der Waals surface area contributed by atoms with Crippen molar-refractivity contribution in [3.63, 3.8) is 0 Å². The molecule has 0 atom stereocenters. The van der Waals surface area contributed by atoms with Crippen LogP contribution in [0.1, 0.15) is 27.6 Å². The van der Waals surface area contributed by atoms with Gasteiger partial charge in [0.25, 0.3) is 0 Å². The number of hydrogen-bond donors (Lipinski definition) is 2. The van der Waals surface area contributed by atoms with E-state index in [1.54, 1.807) is 58.8 Å². The molecule has 35 heavy (non-hydrogen) atoms. The highest BCUT2D eigenvalue weighted by molar-refractivity contribution is 7.98. The predicted molar refractivity (Wildman–Crippen MR) is 138 cm³/mol. The Bertz CT molecular complexity index is 1360. The molecule has 1 aromatic heterocycles. The predicted octanol–water partition coefficient (Wildman–Crippen LogP) is 4.67. The lowest BCUT2D eigenvalue weighted by Crippen LogP contribution is -2.30. The molecule has 10 heteroatoms. The van der Waals surface area contributed by atoms with E-state index >= 15 is 0 Å². The number of nitrogens with one attached hydrogen (secondary N) is 1. The van der Waals surface area contributed by atoms with Crippen molar-refractivity contribution in [3.05, 3.63) is 106 Å². The Morgan fingerprint density at radius 3 is 2.37 bits per heavy atom. The van der Waals surface area contributed by atoms with Crippen molar-refractivity contribution in [2.75, 3.05) is 6.54 Å². The van der Waals surface area contributed by atoms with Crippen LogP contribution in [0.5, 0.6) is 0 Å². The van der Waals surface area contributed by atoms with Gasteiger partial charge in [-0.15, -0.1) is 22.0 Å². The molecular formula is C25H21Cl2N5O2S. The van der Waals surface area contributed by atoms with E-state index in [-0.39, 0.29) is 24.8 Å². The van der Waals surface area contributed by atoms with E-state index in [1.165, 1.54) is 0 Å². The van der Waals surface area contributed by atoms with Crippen LogP contribution in [0.2, 0.25) is 10.0 Å². The summed E-state index contributed by atoms with van der Waals surface area (Å²) in [7, 11) is 0. The molecule has 0 unspecified atom stereocenters. The number of rotatable bonds is 9. The van der Waals surface area contributed by atoms with Crippen molar-refractivity contribution in [2.45, 2.75) is 17.2 Å². The quantitative estimate of drug-likeness (QED) is 0.243. The maximum absolute atomic E-state index is 13.6. The summed E-state index contributed by atoms with van der Waals surface area (Å²) in [6, 6.07) is 21.7. The third-order valence-corrected chi connectivity index (χ3v) is 6.67. The molecule has 178 valence electrons. The second kappa shape index (κ2) is 11.5. The summed E-state index contributed by atoms with van der Waals surface area (Å²) in [6.07, 6.45) is 0. The van der Waals surface area contributed by atoms with Gasteiger partial charge in [0.15, 0.2) is 11.6 Å². The number of halogens is 2. The highest BCUT2D eigenvalue weighted by Gasteiger charge is 2.22. The van der Waals surface area contributed by atoms with E-state index in [0.29, 0.717) is 44.3 Å². The number of carbonyl (C=O) groups is 2. The fourth-order valence-electron chi connectivity index (χ4n) is 3.43. The van der Waals surface area contributed by atoms with Gasteiger partial charge in [-0.2, -0.15) is 0 Å². The highest BCUT2D eigenvalue weighted by Crippen LogP contribution is 2.29. The number of carbonyl (C=O) groups excluding carboxylic acids is 2. The third-order valence-electron chi connectivity index (χ3n) is 5.10. The Balaban J connectivity index is 1.79. The summed E-state index contributed by atoms with van der Waals surface area (Å²) in [6.45, 7) is -0.0660. The first kappa shape index (κ1) is 24.9. The summed E-state index contributed by atoms with van der Waals surface area (Å²) < 4.78 is 1.77. The molecule has 1 heterocycles. The summed E-state index contributed by atoms with van der Waals surface area (Å²) in [5.74, 6) is 0.908. The number of ketones is 1. The van der Waals surface area contributed by atoms with E-state index in [4.69, 9.17) is 28.9 Å². The lowest BCUT2D eigenvalue weighted by molar-refractivity contribution is -0.119. The molecule has 0 aliphatic heterocycles. The fourth-order valence-corrected chi connectivity index (χ4v) is 4.66. The van der Waals surface area contributed by atoms with Crippen molar-refractivity contribution >= 4 is 46.7 Å². The smallest absolute Gasteiger partial charge is 0.234 e. The van der Waals surface area contributed by atoms with Gasteiger partial charge in [-0.3, -0.25) is 14.2 Å². The minimum absolute atomic E-state index is 0.0847. The molecule has 0 saturated carbocycles. The molecule has 7 nitrogen and oxygen atoms in total. The molecule has 0 aliphatic rings. The zero-order chi connectivity index (χ0) is 24.8. The van der Waals surface area contributed by atoms with Crippen LogP contribution in [0.25, 0.3) is 5.69 Å². The zero-order valence-electron chi connectivity index (χ0n) is 18.4. The van der Waals surface area contributed by atoms with E-state index in [1.807, 2.05) is 30.3 Å². The average molecular weight is 526 g/mol. The molecule has 0 bridgehead atoms. The van der Waals surface area contributed by atoms with E-state index in [0.717, 1.165) is 4.90 Å². The molecular weight excluding hydrogens is 505 g/mol. The van der Waals surface area contributed by atoms with Crippen LogP contribution in [0.4, 0.5) is 0 Å². The maximum atomic E-state index is 13.6.